The second-order valence-corrected chi connectivity index (χ2v) is 5.99. The molecule has 3 rings (SSSR count). The quantitative estimate of drug-likeness (QED) is 0.652. The molecule has 0 aliphatic heterocycles. The number of carbonyl (C=O) groups excluding carboxylic acids is 2. The first-order valence-corrected chi connectivity index (χ1v) is 8.18. The van der Waals surface area contributed by atoms with E-state index in [4.69, 9.17) is 4.42 Å². The zero-order valence-electron chi connectivity index (χ0n) is 14.6. The number of halogens is 3. The molecule has 28 heavy (non-hydrogen) atoms. The number of benzene rings is 2. The predicted molar refractivity (Wildman–Crippen MR) is 97.2 cm³/mol. The average molecular weight is 388 g/mol. The molecule has 3 aromatic rings. The van der Waals surface area contributed by atoms with Crippen molar-refractivity contribution >= 4 is 23.2 Å². The number of carbonyl (C=O) groups is 2. The molecular formula is C20H15F3N2O3. The van der Waals surface area contributed by atoms with Gasteiger partial charge in [0.05, 0.1) is 11.8 Å². The number of aryl methyl sites for hydroxylation is 1. The van der Waals surface area contributed by atoms with Crippen molar-refractivity contribution in [2.24, 2.45) is 0 Å². The third-order valence-corrected chi connectivity index (χ3v) is 3.94. The Balaban J connectivity index is 1.78. The summed E-state index contributed by atoms with van der Waals surface area (Å²) in [6.45, 7) is 1.74. The second kappa shape index (κ2) is 7.59. The first-order valence-electron chi connectivity index (χ1n) is 8.18. The van der Waals surface area contributed by atoms with Gasteiger partial charge in [0.25, 0.3) is 11.8 Å². The van der Waals surface area contributed by atoms with E-state index in [1.165, 1.54) is 36.6 Å². The normalized spacial score (nSPS) is 11.1. The van der Waals surface area contributed by atoms with Crippen LogP contribution < -0.4 is 10.6 Å². The van der Waals surface area contributed by atoms with Crippen molar-refractivity contribution in [3.05, 3.63) is 83.3 Å². The van der Waals surface area contributed by atoms with Crippen LogP contribution in [0.1, 0.15) is 32.0 Å². The molecule has 1 heterocycles. The summed E-state index contributed by atoms with van der Waals surface area (Å²) >= 11 is 0. The van der Waals surface area contributed by atoms with Crippen molar-refractivity contribution in [2.45, 2.75) is 13.1 Å². The summed E-state index contributed by atoms with van der Waals surface area (Å²) in [6, 6.07) is 12.0. The van der Waals surface area contributed by atoms with Crippen LogP contribution in [-0.4, -0.2) is 11.8 Å². The van der Waals surface area contributed by atoms with Gasteiger partial charge in [-0.1, -0.05) is 12.1 Å². The molecule has 0 saturated heterocycles. The topological polar surface area (TPSA) is 71.3 Å². The van der Waals surface area contributed by atoms with Crippen LogP contribution in [0.4, 0.5) is 24.5 Å². The summed E-state index contributed by atoms with van der Waals surface area (Å²) in [6.07, 6.45) is -3.14. The van der Waals surface area contributed by atoms with Gasteiger partial charge in [-0.25, -0.2) is 0 Å². The van der Waals surface area contributed by atoms with E-state index < -0.39 is 23.6 Å². The number of hydrogen-bond acceptors (Lipinski definition) is 3. The van der Waals surface area contributed by atoms with Gasteiger partial charge in [0.1, 0.15) is 0 Å². The molecular weight excluding hydrogens is 373 g/mol. The van der Waals surface area contributed by atoms with E-state index >= 15 is 0 Å². The highest BCUT2D eigenvalue weighted by atomic mass is 19.4. The number of hydrogen-bond donors (Lipinski definition) is 2. The van der Waals surface area contributed by atoms with E-state index in [0.29, 0.717) is 11.3 Å². The van der Waals surface area contributed by atoms with Gasteiger partial charge in [0.2, 0.25) is 0 Å². The van der Waals surface area contributed by atoms with Gasteiger partial charge in [-0.15, -0.1) is 0 Å². The Bertz CT molecular complexity index is 1010. The highest BCUT2D eigenvalue weighted by Gasteiger charge is 2.30. The molecule has 5 nitrogen and oxygen atoms in total. The van der Waals surface area contributed by atoms with Gasteiger partial charge in [0, 0.05) is 16.9 Å². The minimum atomic E-state index is -4.51. The van der Waals surface area contributed by atoms with Gasteiger partial charge in [-0.3, -0.25) is 9.59 Å². The maximum Gasteiger partial charge on any atom is 0.416 e. The monoisotopic (exact) mass is 388 g/mol. The minimum Gasteiger partial charge on any atom is -0.459 e. The number of rotatable bonds is 4. The Kier molecular flexibility index (Phi) is 5.21. The predicted octanol–water partition coefficient (Wildman–Crippen LogP) is 5.11. The van der Waals surface area contributed by atoms with Crippen molar-refractivity contribution < 1.29 is 27.2 Å². The van der Waals surface area contributed by atoms with E-state index in [-0.39, 0.29) is 17.0 Å². The van der Waals surface area contributed by atoms with E-state index in [0.717, 1.165) is 12.1 Å². The fourth-order valence-electron chi connectivity index (χ4n) is 2.47. The molecule has 144 valence electrons. The lowest BCUT2D eigenvalue weighted by molar-refractivity contribution is -0.137. The smallest absolute Gasteiger partial charge is 0.416 e. The zero-order valence-corrected chi connectivity index (χ0v) is 14.6. The van der Waals surface area contributed by atoms with Crippen LogP contribution >= 0.6 is 0 Å². The third-order valence-electron chi connectivity index (χ3n) is 3.94. The van der Waals surface area contributed by atoms with Gasteiger partial charge in [0.15, 0.2) is 5.76 Å². The van der Waals surface area contributed by atoms with Crippen molar-refractivity contribution in [2.75, 3.05) is 10.6 Å². The largest absolute Gasteiger partial charge is 0.459 e. The Morgan fingerprint density at radius 2 is 1.71 bits per heavy atom. The summed E-state index contributed by atoms with van der Waals surface area (Å²) < 4.78 is 43.4. The van der Waals surface area contributed by atoms with Gasteiger partial charge in [-0.2, -0.15) is 13.2 Å². The average Bonchev–Trinajstić information content (AvgIpc) is 3.18. The fraction of sp³-hybridized carbons (Fsp3) is 0.100. The summed E-state index contributed by atoms with van der Waals surface area (Å²) in [4.78, 5) is 24.5. The summed E-state index contributed by atoms with van der Waals surface area (Å²) in [5.41, 5.74) is 0.425. The Morgan fingerprint density at radius 3 is 2.39 bits per heavy atom. The molecule has 2 N–H and O–H groups in total. The number of furan rings is 1. The number of amides is 2. The second-order valence-electron chi connectivity index (χ2n) is 5.99. The molecule has 0 unspecified atom stereocenters. The first-order chi connectivity index (χ1) is 13.2. The van der Waals surface area contributed by atoms with Crippen LogP contribution in [0.5, 0.6) is 0 Å². The highest BCUT2D eigenvalue weighted by Crippen LogP contribution is 2.30. The van der Waals surface area contributed by atoms with Crippen LogP contribution in [0, 0.1) is 6.92 Å². The maximum absolute atomic E-state index is 12.8. The Morgan fingerprint density at radius 1 is 0.929 bits per heavy atom. The van der Waals surface area contributed by atoms with Gasteiger partial charge in [-0.05, 0) is 55.0 Å². The number of alkyl halides is 3. The molecule has 8 heteroatoms. The maximum atomic E-state index is 12.8. The number of nitrogens with one attached hydrogen (secondary N) is 2. The fourth-order valence-corrected chi connectivity index (χ4v) is 2.47. The van der Waals surface area contributed by atoms with Gasteiger partial charge < -0.3 is 15.1 Å². The molecule has 2 amide bonds. The molecule has 0 aliphatic carbocycles. The van der Waals surface area contributed by atoms with Crippen LogP contribution in [-0.2, 0) is 6.18 Å². The van der Waals surface area contributed by atoms with E-state index in [2.05, 4.69) is 10.6 Å². The first kappa shape index (κ1) is 19.2. The lowest BCUT2D eigenvalue weighted by atomic mass is 10.1. The van der Waals surface area contributed by atoms with E-state index in [1.807, 2.05) is 0 Å². The lowest BCUT2D eigenvalue weighted by Crippen LogP contribution is -2.15. The molecule has 0 aliphatic rings. The summed E-state index contributed by atoms with van der Waals surface area (Å²) in [5, 5.41) is 5.07. The Hall–Kier alpha value is -3.55. The SMILES string of the molecule is Cc1ccc(C(=O)Nc2cccc(C(F)(F)F)c2)cc1NC(=O)c1ccco1. The summed E-state index contributed by atoms with van der Waals surface area (Å²) in [5.74, 6) is -0.977. The molecule has 0 fully saturated rings. The van der Waals surface area contributed by atoms with Gasteiger partial charge >= 0.3 is 6.18 Å². The lowest BCUT2D eigenvalue weighted by Gasteiger charge is -2.12. The van der Waals surface area contributed by atoms with Crippen LogP contribution in [0.25, 0.3) is 0 Å². The highest BCUT2D eigenvalue weighted by molar-refractivity contribution is 6.07. The molecule has 0 saturated carbocycles. The van der Waals surface area contributed by atoms with Crippen LogP contribution in [0.15, 0.2) is 65.3 Å². The molecule has 1 aromatic heterocycles. The van der Waals surface area contributed by atoms with Crippen LogP contribution in [0.3, 0.4) is 0 Å². The zero-order chi connectivity index (χ0) is 20.3. The van der Waals surface area contributed by atoms with Crippen LogP contribution in [0.2, 0.25) is 0 Å². The van der Waals surface area contributed by atoms with Crippen molar-refractivity contribution in [1.29, 1.82) is 0 Å². The van der Waals surface area contributed by atoms with Crippen molar-refractivity contribution in [1.82, 2.24) is 0 Å². The molecule has 0 atom stereocenters. The molecule has 2 aromatic carbocycles. The standard InChI is InChI=1S/C20H15F3N2O3/c1-12-7-8-13(10-16(12)25-19(27)17-6-3-9-28-17)18(26)24-15-5-2-4-14(11-15)20(21,22)23/h2-11H,1H3,(H,24,26)(H,25,27). The minimum absolute atomic E-state index is 0.0153. The number of anilines is 2. The molecule has 0 radical (unpaired) electrons. The van der Waals surface area contributed by atoms with Crippen molar-refractivity contribution in [3.63, 3.8) is 0 Å². The summed E-state index contributed by atoms with van der Waals surface area (Å²) in [7, 11) is 0. The van der Waals surface area contributed by atoms with E-state index in [1.54, 1.807) is 19.1 Å². The molecule has 0 spiro atoms. The van der Waals surface area contributed by atoms with E-state index in [9.17, 15) is 22.8 Å². The van der Waals surface area contributed by atoms with Crippen molar-refractivity contribution in [3.8, 4) is 0 Å². The Labute approximate surface area is 158 Å². The third kappa shape index (κ3) is 4.40. The molecule has 0 bridgehead atoms.